The molecule has 0 saturated carbocycles. The Hall–Kier alpha value is -3.75. The number of hydrogen-bond acceptors (Lipinski definition) is 5. The second-order valence-corrected chi connectivity index (χ2v) is 7.90. The summed E-state index contributed by atoms with van der Waals surface area (Å²) in [7, 11) is 1.91. The van der Waals surface area contributed by atoms with E-state index in [0.717, 1.165) is 28.8 Å². The first-order valence-electron chi connectivity index (χ1n) is 10.4. The van der Waals surface area contributed by atoms with Crippen LogP contribution in [0, 0.1) is 0 Å². The molecule has 0 aromatic carbocycles. The van der Waals surface area contributed by atoms with Gasteiger partial charge in [0.05, 0.1) is 6.54 Å². The van der Waals surface area contributed by atoms with Crippen molar-refractivity contribution in [3.05, 3.63) is 76.5 Å². The molecule has 1 amide bonds. The number of fused-ring (bicyclic) bond motifs is 2. The Labute approximate surface area is 178 Å². The van der Waals surface area contributed by atoms with Crippen molar-refractivity contribution in [2.75, 3.05) is 0 Å². The Morgan fingerprint density at radius 1 is 1.23 bits per heavy atom. The molecule has 31 heavy (non-hydrogen) atoms. The van der Waals surface area contributed by atoms with Crippen LogP contribution in [-0.4, -0.2) is 40.8 Å². The van der Waals surface area contributed by atoms with E-state index in [9.17, 15) is 9.59 Å². The first kappa shape index (κ1) is 19.2. The molecule has 9 nitrogen and oxygen atoms in total. The average Bonchev–Trinajstić information content (AvgIpc) is 3.22. The van der Waals surface area contributed by atoms with Crippen molar-refractivity contribution in [3.8, 4) is 0 Å². The number of aryl methyl sites for hydroxylation is 2. The van der Waals surface area contributed by atoms with E-state index in [1.54, 1.807) is 23.0 Å². The van der Waals surface area contributed by atoms with Crippen LogP contribution in [-0.2, 0) is 26.6 Å². The van der Waals surface area contributed by atoms with Gasteiger partial charge in [0.15, 0.2) is 0 Å². The molecule has 0 fully saturated rings. The number of pyridine rings is 2. The fourth-order valence-electron chi connectivity index (χ4n) is 4.06. The van der Waals surface area contributed by atoms with Crippen LogP contribution in [0.1, 0.15) is 34.7 Å². The van der Waals surface area contributed by atoms with Crippen LogP contribution in [0.15, 0.2) is 53.7 Å². The second-order valence-electron chi connectivity index (χ2n) is 7.90. The number of aromatic nitrogens is 6. The van der Waals surface area contributed by atoms with Crippen LogP contribution in [0.25, 0.3) is 11.0 Å². The van der Waals surface area contributed by atoms with Gasteiger partial charge in [0.25, 0.3) is 5.91 Å². The normalized spacial score (nSPS) is 16.1. The van der Waals surface area contributed by atoms with Crippen molar-refractivity contribution in [1.29, 1.82) is 0 Å². The summed E-state index contributed by atoms with van der Waals surface area (Å²) < 4.78 is 5.11. The molecular weight excluding hydrogens is 394 g/mol. The summed E-state index contributed by atoms with van der Waals surface area (Å²) in [6.45, 7) is 0.927. The molecule has 1 aliphatic heterocycles. The predicted octanol–water partition coefficient (Wildman–Crippen LogP) is 1.51. The van der Waals surface area contributed by atoms with E-state index in [0.29, 0.717) is 31.6 Å². The molecule has 1 N–H and O–H groups in total. The van der Waals surface area contributed by atoms with Crippen LogP contribution < -0.4 is 11.0 Å². The molecule has 0 aliphatic carbocycles. The van der Waals surface area contributed by atoms with Gasteiger partial charge in [0, 0.05) is 50.0 Å². The summed E-state index contributed by atoms with van der Waals surface area (Å²) in [5.74, 6) is 0.565. The van der Waals surface area contributed by atoms with Gasteiger partial charge in [-0.2, -0.15) is 5.10 Å². The maximum absolute atomic E-state index is 12.8. The summed E-state index contributed by atoms with van der Waals surface area (Å²) >= 11 is 0. The van der Waals surface area contributed by atoms with E-state index < -0.39 is 0 Å². The predicted molar refractivity (Wildman–Crippen MR) is 115 cm³/mol. The van der Waals surface area contributed by atoms with E-state index in [1.165, 1.54) is 4.68 Å². The highest BCUT2D eigenvalue weighted by Crippen LogP contribution is 2.15. The molecule has 0 spiro atoms. The molecular formula is C22H23N7O2. The zero-order valence-corrected chi connectivity index (χ0v) is 17.2. The number of carbonyl (C=O) groups is 1. The lowest BCUT2D eigenvalue weighted by molar-refractivity contribution is 0.0928. The standard InChI is InChI=1S/C22H23N7O2/c1-27-11-8-16-4-6-18(25-20(16)27)21(30)24-17-5-7-19-26-29(22(31)28(19)12-9-17)14-15-3-2-10-23-13-15/h2-4,6,8,10-11,13,17H,5,7,9,12,14H2,1H3,(H,24,30). The van der Waals surface area contributed by atoms with Crippen LogP contribution in [0.3, 0.4) is 0 Å². The number of rotatable bonds is 4. The fraction of sp³-hybridized carbons (Fsp3) is 0.318. The number of hydrogen-bond donors (Lipinski definition) is 1. The zero-order chi connectivity index (χ0) is 21.4. The van der Waals surface area contributed by atoms with Gasteiger partial charge in [0.2, 0.25) is 0 Å². The molecule has 0 radical (unpaired) electrons. The highest BCUT2D eigenvalue weighted by Gasteiger charge is 2.23. The molecule has 5 rings (SSSR count). The molecule has 158 valence electrons. The summed E-state index contributed by atoms with van der Waals surface area (Å²) in [4.78, 5) is 34.1. The van der Waals surface area contributed by atoms with Crippen molar-refractivity contribution < 1.29 is 4.79 Å². The Morgan fingerprint density at radius 3 is 2.97 bits per heavy atom. The molecule has 5 heterocycles. The lowest BCUT2D eigenvalue weighted by atomic mass is 10.1. The van der Waals surface area contributed by atoms with E-state index >= 15 is 0 Å². The number of nitrogens with one attached hydrogen (secondary N) is 1. The minimum atomic E-state index is -0.193. The summed E-state index contributed by atoms with van der Waals surface area (Å²) in [6, 6.07) is 9.36. The first-order chi connectivity index (χ1) is 15.1. The molecule has 1 unspecified atom stereocenters. The van der Waals surface area contributed by atoms with Crippen LogP contribution in [0.4, 0.5) is 0 Å². The Kier molecular flexibility index (Phi) is 4.85. The quantitative estimate of drug-likeness (QED) is 0.543. The Balaban J connectivity index is 1.27. The van der Waals surface area contributed by atoms with Gasteiger partial charge in [-0.15, -0.1) is 0 Å². The maximum atomic E-state index is 12.8. The zero-order valence-electron chi connectivity index (χ0n) is 17.2. The SMILES string of the molecule is Cn1ccc2ccc(C(=O)NC3CCc4nn(Cc5cccnc5)c(=O)n4CC3)nc21. The fourth-order valence-corrected chi connectivity index (χ4v) is 4.06. The van der Waals surface area contributed by atoms with Crippen molar-refractivity contribution in [1.82, 2.24) is 34.2 Å². The highest BCUT2D eigenvalue weighted by atomic mass is 16.2. The van der Waals surface area contributed by atoms with Crippen LogP contribution in [0.5, 0.6) is 0 Å². The maximum Gasteiger partial charge on any atom is 0.346 e. The monoisotopic (exact) mass is 417 g/mol. The summed E-state index contributed by atoms with van der Waals surface area (Å²) in [6.07, 6.45) is 7.39. The Bertz CT molecular complexity index is 1300. The van der Waals surface area contributed by atoms with Crippen LogP contribution in [0.2, 0.25) is 0 Å². The highest BCUT2D eigenvalue weighted by molar-refractivity contribution is 5.94. The topological polar surface area (TPSA) is 99.6 Å². The second kappa shape index (κ2) is 7.82. The van der Waals surface area contributed by atoms with Gasteiger partial charge in [-0.1, -0.05) is 6.07 Å². The van der Waals surface area contributed by atoms with E-state index in [2.05, 4.69) is 20.4 Å². The van der Waals surface area contributed by atoms with Gasteiger partial charge < -0.3 is 9.88 Å². The third-order valence-corrected chi connectivity index (χ3v) is 5.76. The van der Waals surface area contributed by atoms with Gasteiger partial charge in [-0.05, 0) is 42.7 Å². The minimum Gasteiger partial charge on any atom is -0.348 e. The van der Waals surface area contributed by atoms with Crippen molar-refractivity contribution in [2.24, 2.45) is 7.05 Å². The average molecular weight is 417 g/mol. The molecule has 1 atom stereocenters. The van der Waals surface area contributed by atoms with E-state index in [1.807, 2.05) is 42.1 Å². The molecule has 4 aromatic heterocycles. The number of carbonyl (C=O) groups excluding carboxylic acids is 1. The van der Waals surface area contributed by atoms with Gasteiger partial charge in [-0.25, -0.2) is 14.5 Å². The first-order valence-corrected chi connectivity index (χ1v) is 10.4. The van der Waals surface area contributed by atoms with E-state index in [-0.39, 0.29) is 17.6 Å². The third kappa shape index (κ3) is 3.74. The number of amides is 1. The molecule has 0 saturated heterocycles. The van der Waals surface area contributed by atoms with Gasteiger partial charge >= 0.3 is 5.69 Å². The number of nitrogens with zero attached hydrogens (tertiary/aromatic N) is 6. The van der Waals surface area contributed by atoms with Crippen LogP contribution >= 0.6 is 0 Å². The third-order valence-electron chi connectivity index (χ3n) is 5.76. The van der Waals surface area contributed by atoms with Crippen molar-refractivity contribution in [3.63, 3.8) is 0 Å². The van der Waals surface area contributed by atoms with Gasteiger partial charge in [-0.3, -0.25) is 14.3 Å². The van der Waals surface area contributed by atoms with E-state index in [4.69, 9.17) is 0 Å². The van der Waals surface area contributed by atoms with Gasteiger partial charge in [0.1, 0.15) is 17.2 Å². The summed E-state index contributed by atoms with van der Waals surface area (Å²) in [5, 5.41) is 8.61. The lowest BCUT2D eigenvalue weighted by Gasteiger charge is -2.15. The van der Waals surface area contributed by atoms with Crippen molar-refractivity contribution in [2.45, 2.75) is 38.4 Å². The largest absolute Gasteiger partial charge is 0.348 e. The Morgan fingerprint density at radius 2 is 2.13 bits per heavy atom. The van der Waals surface area contributed by atoms with Crippen molar-refractivity contribution >= 4 is 16.9 Å². The molecule has 4 aromatic rings. The molecule has 0 bridgehead atoms. The lowest BCUT2D eigenvalue weighted by Crippen LogP contribution is -2.36. The molecule has 1 aliphatic rings. The molecule has 9 heteroatoms. The minimum absolute atomic E-state index is 0.0358. The smallest absolute Gasteiger partial charge is 0.346 e. The summed E-state index contributed by atoms with van der Waals surface area (Å²) in [5.41, 5.74) is 1.99.